The van der Waals surface area contributed by atoms with Gasteiger partial charge in [0.2, 0.25) is 10.0 Å². The highest BCUT2D eigenvalue weighted by atomic mass is 35.5. The molecule has 0 saturated carbocycles. The molecule has 30 heavy (non-hydrogen) atoms. The number of nitrogens with one attached hydrogen (secondary N) is 2. The molecule has 2 N–H and O–H groups in total. The van der Waals surface area contributed by atoms with Crippen molar-refractivity contribution < 1.29 is 8.42 Å². The van der Waals surface area contributed by atoms with Crippen LogP contribution >= 0.6 is 11.6 Å². The number of rotatable bonds is 5. The number of fused-ring (bicyclic) bond motifs is 1. The van der Waals surface area contributed by atoms with Crippen molar-refractivity contribution in [2.75, 3.05) is 0 Å². The first-order valence-corrected chi connectivity index (χ1v) is 11.2. The van der Waals surface area contributed by atoms with Crippen LogP contribution in [0.4, 0.5) is 0 Å². The molecule has 1 heterocycles. The summed E-state index contributed by atoms with van der Waals surface area (Å²) in [6.45, 7) is 1.73. The third-order valence-electron chi connectivity index (χ3n) is 4.91. The first-order valence-electron chi connectivity index (χ1n) is 9.31. The van der Waals surface area contributed by atoms with Crippen molar-refractivity contribution in [2.45, 2.75) is 18.4 Å². The summed E-state index contributed by atoms with van der Waals surface area (Å²) < 4.78 is 28.1. The molecule has 0 bridgehead atoms. The first-order chi connectivity index (χ1) is 14.3. The number of benzene rings is 3. The number of aryl methyl sites for hydroxylation is 1. The van der Waals surface area contributed by atoms with E-state index >= 15 is 0 Å². The number of aromatic nitrogens is 1. The molecule has 0 aliphatic heterocycles. The van der Waals surface area contributed by atoms with Gasteiger partial charge in [0.05, 0.1) is 4.90 Å². The second kappa shape index (κ2) is 8.07. The molecule has 4 rings (SSSR count). The molecular weight excluding hydrogens is 420 g/mol. The quantitative estimate of drug-likeness (QED) is 0.476. The minimum absolute atomic E-state index is 0.148. The maximum Gasteiger partial charge on any atom is 0.253 e. The molecule has 0 unspecified atom stereocenters. The normalized spacial score (nSPS) is 11.7. The van der Waals surface area contributed by atoms with Gasteiger partial charge in [0.15, 0.2) is 0 Å². The first kappa shape index (κ1) is 20.3. The number of aromatic amines is 1. The van der Waals surface area contributed by atoms with Crippen molar-refractivity contribution in [1.82, 2.24) is 9.71 Å². The Morgan fingerprint density at radius 3 is 2.37 bits per heavy atom. The molecule has 0 radical (unpaired) electrons. The summed E-state index contributed by atoms with van der Waals surface area (Å²) in [5, 5.41) is 1.27. The van der Waals surface area contributed by atoms with E-state index in [-0.39, 0.29) is 17.0 Å². The Bertz CT molecular complexity index is 1380. The minimum atomic E-state index is -3.78. The summed E-state index contributed by atoms with van der Waals surface area (Å²) in [4.78, 5) is 15.9. The fraction of sp³-hybridized carbons (Fsp3) is 0.0870. The van der Waals surface area contributed by atoms with Gasteiger partial charge in [-0.05, 0) is 42.8 Å². The predicted molar refractivity (Wildman–Crippen MR) is 120 cm³/mol. The standard InChI is InChI=1S/C23H19ClN2O3S/c1-15-7-10-18(11-8-15)30(28,29)25-14-20-22(16-5-3-2-4-6-16)19-13-17(24)9-12-21(19)26-23(20)27/h2-13,25H,14H2,1H3,(H,26,27). The molecule has 0 spiro atoms. The number of pyridine rings is 1. The Labute approximate surface area is 179 Å². The fourth-order valence-electron chi connectivity index (χ4n) is 3.38. The highest BCUT2D eigenvalue weighted by Gasteiger charge is 2.19. The highest BCUT2D eigenvalue weighted by molar-refractivity contribution is 7.89. The van der Waals surface area contributed by atoms with Gasteiger partial charge in [0, 0.05) is 33.6 Å². The largest absolute Gasteiger partial charge is 0.322 e. The van der Waals surface area contributed by atoms with E-state index in [1.807, 2.05) is 37.3 Å². The highest BCUT2D eigenvalue weighted by Crippen LogP contribution is 2.31. The van der Waals surface area contributed by atoms with E-state index in [2.05, 4.69) is 9.71 Å². The van der Waals surface area contributed by atoms with E-state index in [0.29, 0.717) is 21.7 Å². The molecule has 0 amide bonds. The van der Waals surface area contributed by atoms with E-state index in [1.54, 1.807) is 42.5 Å². The smallest absolute Gasteiger partial charge is 0.253 e. The average Bonchev–Trinajstić information content (AvgIpc) is 2.73. The Kier molecular flexibility index (Phi) is 5.47. The molecule has 0 aliphatic carbocycles. The van der Waals surface area contributed by atoms with Crippen LogP contribution in [0.2, 0.25) is 5.02 Å². The van der Waals surface area contributed by atoms with Crippen LogP contribution in [0.1, 0.15) is 11.1 Å². The lowest BCUT2D eigenvalue weighted by atomic mass is 9.96. The van der Waals surface area contributed by atoms with E-state index < -0.39 is 10.0 Å². The van der Waals surface area contributed by atoms with E-state index in [1.165, 1.54) is 0 Å². The molecule has 0 saturated heterocycles. The lowest BCUT2D eigenvalue weighted by Crippen LogP contribution is -2.27. The van der Waals surface area contributed by atoms with E-state index in [4.69, 9.17) is 11.6 Å². The molecule has 0 atom stereocenters. The fourth-order valence-corrected chi connectivity index (χ4v) is 4.54. The van der Waals surface area contributed by atoms with Gasteiger partial charge < -0.3 is 4.98 Å². The minimum Gasteiger partial charge on any atom is -0.322 e. The van der Waals surface area contributed by atoms with Gasteiger partial charge in [-0.25, -0.2) is 13.1 Å². The molecule has 7 heteroatoms. The molecule has 0 fully saturated rings. The van der Waals surface area contributed by atoms with Crippen LogP contribution in [0.5, 0.6) is 0 Å². The number of hydrogen-bond acceptors (Lipinski definition) is 3. The summed E-state index contributed by atoms with van der Waals surface area (Å²) in [6, 6.07) is 21.1. The van der Waals surface area contributed by atoms with Gasteiger partial charge in [0.1, 0.15) is 0 Å². The molecule has 3 aromatic carbocycles. The molecule has 5 nitrogen and oxygen atoms in total. The van der Waals surface area contributed by atoms with Crippen LogP contribution in [0, 0.1) is 6.92 Å². The summed E-state index contributed by atoms with van der Waals surface area (Å²) in [7, 11) is -3.78. The summed E-state index contributed by atoms with van der Waals surface area (Å²) in [6.07, 6.45) is 0. The van der Waals surface area contributed by atoms with Crippen molar-refractivity contribution in [3.63, 3.8) is 0 Å². The molecule has 1 aromatic heterocycles. The molecule has 4 aromatic rings. The van der Waals surface area contributed by atoms with E-state index in [9.17, 15) is 13.2 Å². The van der Waals surface area contributed by atoms with Crippen molar-refractivity contribution >= 4 is 32.5 Å². The Morgan fingerprint density at radius 1 is 0.967 bits per heavy atom. The topological polar surface area (TPSA) is 79.0 Å². The van der Waals surface area contributed by atoms with Crippen LogP contribution in [-0.2, 0) is 16.6 Å². The van der Waals surface area contributed by atoms with Crippen molar-refractivity contribution in [1.29, 1.82) is 0 Å². The van der Waals surface area contributed by atoms with Crippen LogP contribution in [0.25, 0.3) is 22.0 Å². The second-order valence-electron chi connectivity index (χ2n) is 7.00. The number of H-pyrrole nitrogens is 1. The molecule has 0 aliphatic rings. The van der Waals surface area contributed by atoms with Crippen molar-refractivity contribution in [3.8, 4) is 11.1 Å². The lowest BCUT2D eigenvalue weighted by molar-refractivity contribution is 0.581. The maximum absolute atomic E-state index is 12.9. The van der Waals surface area contributed by atoms with Crippen LogP contribution in [-0.4, -0.2) is 13.4 Å². The third-order valence-corrected chi connectivity index (χ3v) is 6.56. The van der Waals surface area contributed by atoms with Crippen molar-refractivity contribution in [3.05, 3.63) is 99.3 Å². The Hall–Kier alpha value is -2.93. The van der Waals surface area contributed by atoms with Crippen LogP contribution in [0.3, 0.4) is 0 Å². The zero-order valence-electron chi connectivity index (χ0n) is 16.1. The predicted octanol–water partition coefficient (Wildman–Crippen LogP) is 4.64. The number of halogens is 1. The van der Waals surface area contributed by atoms with Crippen molar-refractivity contribution in [2.24, 2.45) is 0 Å². The third kappa shape index (κ3) is 4.03. The lowest BCUT2D eigenvalue weighted by Gasteiger charge is -2.14. The zero-order valence-corrected chi connectivity index (χ0v) is 17.7. The monoisotopic (exact) mass is 438 g/mol. The van der Waals surface area contributed by atoms with Gasteiger partial charge in [-0.2, -0.15) is 0 Å². The molecular formula is C23H19ClN2O3S. The van der Waals surface area contributed by atoms with Gasteiger partial charge in [-0.1, -0.05) is 59.6 Å². The zero-order chi connectivity index (χ0) is 21.3. The summed E-state index contributed by atoms with van der Waals surface area (Å²) in [5.41, 5.74) is 3.03. The van der Waals surface area contributed by atoms with Gasteiger partial charge >= 0.3 is 0 Å². The second-order valence-corrected chi connectivity index (χ2v) is 9.20. The van der Waals surface area contributed by atoms with Crippen LogP contribution in [0.15, 0.2) is 82.5 Å². The SMILES string of the molecule is Cc1ccc(S(=O)(=O)NCc2c(-c3ccccc3)c3cc(Cl)ccc3[nH]c2=O)cc1. The number of hydrogen-bond donors (Lipinski definition) is 2. The summed E-state index contributed by atoms with van der Waals surface area (Å²) in [5.74, 6) is 0. The maximum atomic E-state index is 12.9. The Balaban J connectivity index is 1.83. The van der Waals surface area contributed by atoms with Crippen LogP contribution < -0.4 is 10.3 Å². The average molecular weight is 439 g/mol. The summed E-state index contributed by atoms with van der Waals surface area (Å²) >= 11 is 6.21. The van der Waals surface area contributed by atoms with Gasteiger partial charge in [-0.15, -0.1) is 0 Å². The Morgan fingerprint density at radius 2 is 1.67 bits per heavy atom. The molecule has 152 valence electrons. The van der Waals surface area contributed by atoms with Gasteiger partial charge in [-0.3, -0.25) is 4.79 Å². The number of sulfonamides is 1. The van der Waals surface area contributed by atoms with Gasteiger partial charge in [0.25, 0.3) is 5.56 Å². The van der Waals surface area contributed by atoms with E-state index in [0.717, 1.165) is 16.5 Å².